The Hall–Kier alpha value is -0.600. The first-order valence-corrected chi connectivity index (χ1v) is 4.20. The van der Waals surface area contributed by atoms with E-state index in [2.05, 4.69) is 16.5 Å². The number of nitrogens with zero attached hydrogens (tertiary/aromatic N) is 2. The van der Waals surface area contributed by atoms with Gasteiger partial charge in [0.05, 0.1) is 0 Å². The average molecular weight is 203 g/mol. The Morgan fingerprint density at radius 2 is 1.83 bits per heavy atom. The van der Waals surface area contributed by atoms with Gasteiger partial charge in [-0.25, -0.2) is 9.97 Å². The smallest absolute Gasteiger partial charge is 0.137 e. The van der Waals surface area contributed by atoms with Crippen molar-refractivity contribution in [2.75, 3.05) is 0 Å². The van der Waals surface area contributed by atoms with Crippen molar-refractivity contribution in [1.82, 2.24) is 9.97 Å². The maximum Gasteiger partial charge on any atom is 0.137 e. The maximum atomic E-state index is 5.83. The number of rotatable bonds is 2. The van der Waals surface area contributed by atoms with Crippen LogP contribution in [0.3, 0.4) is 0 Å². The molecule has 4 heteroatoms. The summed E-state index contributed by atoms with van der Waals surface area (Å²) in [7, 11) is 0. The van der Waals surface area contributed by atoms with Crippen LogP contribution in [0.4, 0.5) is 0 Å². The van der Waals surface area contributed by atoms with Crippen LogP contribution in [0.1, 0.15) is 11.4 Å². The second-order valence-corrected chi connectivity index (χ2v) is 3.04. The zero-order chi connectivity index (χ0) is 9.14. The first kappa shape index (κ1) is 9.49. The number of aromatic nitrogens is 2. The molecule has 1 aromatic heterocycles. The molecule has 0 unspecified atom stereocenters. The third-order valence-corrected chi connectivity index (χ3v) is 1.99. The fourth-order valence-corrected chi connectivity index (χ4v) is 1.47. The minimum atomic E-state index is 0.410. The second-order valence-electron chi connectivity index (χ2n) is 2.32. The molecule has 0 fully saturated rings. The van der Waals surface area contributed by atoms with Gasteiger partial charge in [-0.15, -0.1) is 6.58 Å². The van der Waals surface area contributed by atoms with Gasteiger partial charge in [0.2, 0.25) is 0 Å². The second kappa shape index (κ2) is 3.87. The topological polar surface area (TPSA) is 25.8 Å². The molecule has 0 aliphatic rings. The molecule has 0 spiro atoms. The lowest BCUT2D eigenvalue weighted by Crippen LogP contribution is -1.95. The Morgan fingerprint density at radius 1 is 1.33 bits per heavy atom. The third kappa shape index (κ3) is 1.96. The molecule has 0 aliphatic heterocycles. The van der Waals surface area contributed by atoms with Crippen LogP contribution in [0.15, 0.2) is 12.7 Å². The highest BCUT2D eigenvalue weighted by molar-refractivity contribution is 6.34. The Kier molecular flexibility index (Phi) is 3.06. The molecule has 2 nitrogen and oxygen atoms in total. The molecule has 0 atom stereocenters. The summed E-state index contributed by atoms with van der Waals surface area (Å²) in [5.41, 5.74) is 0.735. The fourth-order valence-electron chi connectivity index (χ4n) is 0.842. The molecular weight excluding hydrogens is 195 g/mol. The first-order valence-electron chi connectivity index (χ1n) is 3.44. The summed E-state index contributed by atoms with van der Waals surface area (Å²) in [5.74, 6) is 0.581. The van der Waals surface area contributed by atoms with Crippen molar-refractivity contribution in [3.05, 3.63) is 34.3 Å². The summed E-state index contributed by atoms with van der Waals surface area (Å²) in [6.45, 7) is 5.33. The Morgan fingerprint density at radius 3 is 2.25 bits per heavy atom. The lowest BCUT2D eigenvalue weighted by Gasteiger charge is -2.02. The van der Waals surface area contributed by atoms with Gasteiger partial charge in [-0.1, -0.05) is 29.3 Å². The minimum Gasteiger partial charge on any atom is -0.221 e. The van der Waals surface area contributed by atoms with E-state index in [0.29, 0.717) is 22.6 Å². The van der Waals surface area contributed by atoms with Crippen LogP contribution in [0.5, 0.6) is 0 Å². The van der Waals surface area contributed by atoms with Crippen LogP contribution in [-0.4, -0.2) is 9.97 Å². The van der Waals surface area contributed by atoms with Crippen LogP contribution in [0.2, 0.25) is 10.3 Å². The fraction of sp³-hybridized carbons (Fsp3) is 0.250. The van der Waals surface area contributed by atoms with Crippen molar-refractivity contribution in [1.29, 1.82) is 0 Å². The van der Waals surface area contributed by atoms with Crippen molar-refractivity contribution < 1.29 is 0 Å². The number of halogens is 2. The first-order chi connectivity index (χ1) is 5.65. The SMILES string of the molecule is C=CCc1c(Cl)nc(C)nc1Cl. The van der Waals surface area contributed by atoms with Gasteiger partial charge in [0.1, 0.15) is 16.1 Å². The van der Waals surface area contributed by atoms with Crippen LogP contribution in [-0.2, 0) is 6.42 Å². The molecule has 0 amide bonds. The summed E-state index contributed by atoms with van der Waals surface area (Å²) in [6.07, 6.45) is 2.31. The quantitative estimate of drug-likeness (QED) is 0.545. The molecule has 0 bridgehead atoms. The summed E-state index contributed by atoms with van der Waals surface area (Å²) in [5, 5.41) is 0.819. The zero-order valence-electron chi connectivity index (χ0n) is 6.64. The van der Waals surface area contributed by atoms with Crippen LogP contribution in [0, 0.1) is 6.92 Å². The molecule has 0 aliphatic carbocycles. The summed E-state index contributed by atoms with van der Waals surface area (Å²) >= 11 is 11.7. The van der Waals surface area contributed by atoms with Crippen molar-refractivity contribution in [3.8, 4) is 0 Å². The molecular formula is C8H8Cl2N2. The summed E-state index contributed by atoms with van der Waals surface area (Å²) in [6, 6.07) is 0. The maximum absolute atomic E-state index is 5.83. The Balaban J connectivity index is 3.18. The number of hydrogen-bond donors (Lipinski definition) is 0. The van der Waals surface area contributed by atoms with E-state index >= 15 is 0 Å². The van der Waals surface area contributed by atoms with E-state index in [9.17, 15) is 0 Å². The highest BCUT2D eigenvalue weighted by atomic mass is 35.5. The van der Waals surface area contributed by atoms with Gasteiger partial charge in [0, 0.05) is 5.56 Å². The van der Waals surface area contributed by atoms with E-state index < -0.39 is 0 Å². The van der Waals surface area contributed by atoms with Crippen LogP contribution in [0.25, 0.3) is 0 Å². The highest BCUT2D eigenvalue weighted by Gasteiger charge is 2.07. The minimum absolute atomic E-state index is 0.410. The third-order valence-electron chi connectivity index (χ3n) is 1.37. The summed E-state index contributed by atoms with van der Waals surface area (Å²) in [4.78, 5) is 7.95. The Bertz CT molecular complexity index is 287. The van der Waals surface area contributed by atoms with Crippen molar-refractivity contribution >= 4 is 23.2 Å². The van der Waals surface area contributed by atoms with Crippen molar-refractivity contribution in [3.63, 3.8) is 0 Å². The zero-order valence-corrected chi connectivity index (χ0v) is 8.15. The van der Waals surface area contributed by atoms with E-state index in [1.165, 1.54) is 0 Å². The van der Waals surface area contributed by atoms with Gasteiger partial charge >= 0.3 is 0 Å². The summed E-state index contributed by atoms with van der Waals surface area (Å²) < 4.78 is 0. The molecule has 12 heavy (non-hydrogen) atoms. The lowest BCUT2D eigenvalue weighted by atomic mass is 10.2. The number of hydrogen-bond acceptors (Lipinski definition) is 2. The van der Waals surface area contributed by atoms with E-state index in [1.54, 1.807) is 13.0 Å². The van der Waals surface area contributed by atoms with Gasteiger partial charge in [-0.05, 0) is 13.3 Å². The average Bonchev–Trinajstić information content (AvgIpc) is 1.96. The Labute approximate surface area is 81.2 Å². The van der Waals surface area contributed by atoms with E-state index in [1.807, 2.05) is 0 Å². The van der Waals surface area contributed by atoms with Crippen molar-refractivity contribution in [2.24, 2.45) is 0 Å². The van der Waals surface area contributed by atoms with Crippen molar-refractivity contribution in [2.45, 2.75) is 13.3 Å². The molecule has 0 N–H and O–H groups in total. The van der Waals surface area contributed by atoms with E-state index in [-0.39, 0.29) is 0 Å². The van der Waals surface area contributed by atoms with Crippen LogP contribution >= 0.6 is 23.2 Å². The number of allylic oxidation sites excluding steroid dienone is 1. The van der Waals surface area contributed by atoms with E-state index in [4.69, 9.17) is 23.2 Å². The largest absolute Gasteiger partial charge is 0.221 e. The molecule has 0 radical (unpaired) electrons. The molecule has 1 rings (SSSR count). The normalized spacial score (nSPS) is 9.92. The molecule has 0 saturated heterocycles. The number of aryl methyl sites for hydroxylation is 1. The van der Waals surface area contributed by atoms with Gasteiger partial charge in [0.25, 0.3) is 0 Å². The molecule has 0 aromatic carbocycles. The van der Waals surface area contributed by atoms with Gasteiger partial charge in [-0.3, -0.25) is 0 Å². The van der Waals surface area contributed by atoms with Gasteiger partial charge in [0.15, 0.2) is 0 Å². The molecule has 64 valence electrons. The van der Waals surface area contributed by atoms with E-state index in [0.717, 1.165) is 5.56 Å². The van der Waals surface area contributed by atoms with Gasteiger partial charge in [-0.2, -0.15) is 0 Å². The molecule has 0 saturated carbocycles. The predicted octanol–water partition coefficient (Wildman–Crippen LogP) is 2.82. The standard InChI is InChI=1S/C8H8Cl2N2/c1-3-4-6-7(9)11-5(2)12-8(6)10/h3H,1,4H2,2H3. The van der Waals surface area contributed by atoms with Crippen LogP contribution < -0.4 is 0 Å². The lowest BCUT2D eigenvalue weighted by molar-refractivity contribution is 1.01. The predicted molar refractivity (Wildman–Crippen MR) is 50.7 cm³/mol. The molecule has 1 aromatic rings. The molecule has 1 heterocycles. The monoisotopic (exact) mass is 202 g/mol. The van der Waals surface area contributed by atoms with Gasteiger partial charge < -0.3 is 0 Å². The highest BCUT2D eigenvalue weighted by Crippen LogP contribution is 2.21.